The van der Waals surface area contributed by atoms with E-state index in [2.05, 4.69) is 17.2 Å². The average molecular weight is 264 g/mol. The van der Waals surface area contributed by atoms with Crippen molar-refractivity contribution in [1.29, 1.82) is 0 Å². The third-order valence-electron chi connectivity index (χ3n) is 4.50. The molecule has 0 aliphatic heterocycles. The molecule has 100 valence electrons. The van der Waals surface area contributed by atoms with E-state index < -0.39 is 0 Å². The first-order chi connectivity index (χ1) is 8.85. The van der Waals surface area contributed by atoms with E-state index in [4.69, 9.17) is 0 Å². The van der Waals surface area contributed by atoms with Crippen molar-refractivity contribution in [3.8, 4) is 0 Å². The van der Waals surface area contributed by atoms with E-state index in [1.165, 1.54) is 48.4 Å². The second-order valence-corrected chi connectivity index (χ2v) is 7.12. The third kappa shape index (κ3) is 3.12. The van der Waals surface area contributed by atoms with Gasteiger partial charge in [0.25, 0.3) is 0 Å². The lowest BCUT2D eigenvalue weighted by atomic mass is 9.83. The summed E-state index contributed by atoms with van der Waals surface area (Å²) in [5.74, 6) is 2.11. The molecule has 0 aromatic carbocycles. The van der Waals surface area contributed by atoms with Crippen molar-refractivity contribution in [3.05, 3.63) is 16.1 Å². The molecule has 0 bridgehead atoms. The van der Waals surface area contributed by atoms with Gasteiger partial charge in [0, 0.05) is 23.7 Å². The molecule has 3 rings (SSSR count). The molecule has 3 heteroatoms. The second kappa shape index (κ2) is 5.70. The van der Waals surface area contributed by atoms with E-state index in [9.17, 15) is 0 Å². The van der Waals surface area contributed by atoms with Crippen molar-refractivity contribution in [3.63, 3.8) is 0 Å². The Hall–Kier alpha value is -0.410. The first-order valence-corrected chi connectivity index (χ1v) is 8.33. The quantitative estimate of drug-likeness (QED) is 0.876. The number of hydrogen-bond donors (Lipinski definition) is 1. The van der Waals surface area contributed by atoms with E-state index >= 15 is 0 Å². The Kier molecular flexibility index (Phi) is 4.00. The fraction of sp³-hybridized carbons (Fsp3) is 0.800. The van der Waals surface area contributed by atoms with Gasteiger partial charge in [0.2, 0.25) is 0 Å². The van der Waals surface area contributed by atoms with Crippen molar-refractivity contribution in [1.82, 2.24) is 10.3 Å². The Bertz CT molecular complexity index is 384. The zero-order chi connectivity index (χ0) is 12.4. The number of rotatable bonds is 5. The molecule has 1 N–H and O–H groups in total. The summed E-state index contributed by atoms with van der Waals surface area (Å²) >= 11 is 1.87. The number of nitrogens with one attached hydrogen (secondary N) is 1. The van der Waals surface area contributed by atoms with Gasteiger partial charge in [-0.1, -0.05) is 19.8 Å². The highest BCUT2D eigenvalue weighted by Gasteiger charge is 2.34. The molecule has 2 aliphatic carbocycles. The Labute approximate surface area is 114 Å². The zero-order valence-electron chi connectivity index (χ0n) is 11.3. The first kappa shape index (κ1) is 12.6. The minimum absolute atomic E-state index is 0.748. The van der Waals surface area contributed by atoms with Crippen LogP contribution in [0.15, 0.2) is 6.20 Å². The highest BCUT2D eigenvalue weighted by Crippen LogP contribution is 2.43. The average Bonchev–Trinajstić information content (AvgIpc) is 3.16. The topological polar surface area (TPSA) is 24.9 Å². The number of aromatic nitrogens is 1. The van der Waals surface area contributed by atoms with Crippen LogP contribution >= 0.6 is 11.3 Å². The van der Waals surface area contributed by atoms with Crippen LogP contribution in [-0.2, 0) is 13.0 Å². The van der Waals surface area contributed by atoms with Crippen molar-refractivity contribution in [2.45, 2.75) is 64.5 Å². The molecular formula is C15H24N2S. The number of aryl methyl sites for hydroxylation is 1. The predicted molar refractivity (Wildman–Crippen MR) is 76.8 cm³/mol. The molecule has 2 fully saturated rings. The molecule has 1 heterocycles. The standard InChI is InChI=1S/C15H24N2S/c1-2-14-9-17-15(18-14)10-16-13-5-3-4-12(8-13)11-6-7-11/h9,11-13,16H,2-8,10H2,1H3. The monoisotopic (exact) mass is 264 g/mol. The third-order valence-corrected chi connectivity index (χ3v) is 5.64. The van der Waals surface area contributed by atoms with E-state index in [0.717, 1.165) is 30.8 Å². The van der Waals surface area contributed by atoms with Crippen LogP contribution in [0.25, 0.3) is 0 Å². The molecule has 18 heavy (non-hydrogen) atoms. The summed E-state index contributed by atoms with van der Waals surface area (Å²) in [7, 11) is 0. The van der Waals surface area contributed by atoms with Crippen LogP contribution in [0.3, 0.4) is 0 Å². The summed E-state index contributed by atoms with van der Waals surface area (Å²) in [5, 5.41) is 5.00. The normalized spacial score (nSPS) is 28.5. The van der Waals surface area contributed by atoms with Gasteiger partial charge in [-0.25, -0.2) is 4.98 Å². The zero-order valence-corrected chi connectivity index (χ0v) is 12.1. The van der Waals surface area contributed by atoms with Crippen LogP contribution in [0.5, 0.6) is 0 Å². The molecule has 2 unspecified atom stereocenters. The maximum Gasteiger partial charge on any atom is 0.107 e. The Morgan fingerprint density at radius 1 is 1.28 bits per heavy atom. The van der Waals surface area contributed by atoms with Crippen molar-refractivity contribution < 1.29 is 0 Å². The molecule has 1 aromatic heterocycles. The van der Waals surface area contributed by atoms with Gasteiger partial charge in [-0.15, -0.1) is 11.3 Å². The van der Waals surface area contributed by atoms with Gasteiger partial charge in [0.15, 0.2) is 0 Å². The fourth-order valence-electron chi connectivity index (χ4n) is 3.23. The summed E-state index contributed by atoms with van der Waals surface area (Å²) in [6, 6.07) is 0.748. The lowest BCUT2D eigenvalue weighted by Gasteiger charge is -2.29. The van der Waals surface area contributed by atoms with Crippen LogP contribution in [0, 0.1) is 11.8 Å². The minimum atomic E-state index is 0.748. The van der Waals surface area contributed by atoms with E-state index in [1.54, 1.807) is 0 Å². The molecule has 1 aromatic rings. The van der Waals surface area contributed by atoms with Crippen LogP contribution in [0.1, 0.15) is 55.3 Å². The molecule has 2 aliphatic rings. The Balaban J connectivity index is 1.47. The lowest BCUT2D eigenvalue weighted by molar-refractivity contribution is 0.260. The maximum atomic E-state index is 4.49. The van der Waals surface area contributed by atoms with Gasteiger partial charge in [-0.05, 0) is 43.9 Å². The SMILES string of the molecule is CCc1cnc(CNC2CCCC(C3CC3)C2)s1. The molecule has 2 nitrogen and oxygen atoms in total. The van der Waals surface area contributed by atoms with Gasteiger partial charge >= 0.3 is 0 Å². The summed E-state index contributed by atoms with van der Waals surface area (Å²) in [5.41, 5.74) is 0. The molecule has 0 amide bonds. The summed E-state index contributed by atoms with van der Waals surface area (Å²) in [4.78, 5) is 5.90. The number of nitrogens with zero attached hydrogens (tertiary/aromatic N) is 1. The van der Waals surface area contributed by atoms with Crippen molar-refractivity contribution >= 4 is 11.3 Å². The van der Waals surface area contributed by atoms with Crippen LogP contribution < -0.4 is 5.32 Å². The predicted octanol–water partition coefficient (Wildman–Crippen LogP) is 3.76. The molecule has 0 spiro atoms. The number of thiazole rings is 1. The molecule has 2 atom stereocenters. The van der Waals surface area contributed by atoms with Crippen molar-refractivity contribution in [2.75, 3.05) is 0 Å². The number of hydrogen-bond acceptors (Lipinski definition) is 3. The molecule has 0 saturated heterocycles. The molecule has 2 saturated carbocycles. The smallest absolute Gasteiger partial charge is 0.107 e. The minimum Gasteiger partial charge on any atom is -0.308 e. The van der Waals surface area contributed by atoms with E-state index in [-0.39, 0.29) is 0 Å². The first-order valence-electron chi connectivity index (χ1n) is 7.52. The van der Waals surface area contributed by atoms with Crippen molar-refractivity contribution in [2.24, 2.45) is 11.8 Å². The van der Waals surface area contributed by atoms with Crippen LogP contribution in [-0.4, -0.2) is 11.0 Å². The van der Waals surface area contributed by atoms with Gasteiger partial charge in [-0.2, -0.15) is 0 Å². The maximum absolute atomic E-state index is 4.49. The summed E-state index contributed by atoms with van der Waals surface area (Å²) < 4.78 is 0. The van der Waals surface area contributed by atoms with Gasteiger partial charge < -0.3 is 5.32 Å². The van der Waals surface area contributed by atoms with Gasteiger partial charge in [0.1, 0.15) is 5.01 Å². The highest BCUT2D eigenvalue weighted by molar-refractivity contribution is 7.11. The van der Waals surface area contributed by atoms with E-state index in [1.807, 2.05) is 17.5 Å². The fourth-order valence-corrected chi connectivity index (χ4v) is 4.05. The van der Waals surface area contributed by atoms with Gasteiger partial charge in [-0.3, -0.25) is 0 Å². The Morgan fingerprint density at radius 3 is 2.89 bits per heavy atom. The van der Waals surface area contributed by atoms with Crippen LogP contribution in [0.2, 0.25) is 0 Å². The largest absolute Gasteiger partial charge is 0.308 e. The molecular weight excluding hydrogens is 240 g/mol. The lowest BCUT2D eigenvalue weighted by Crippen LogP contribution is -2.34. The molecule has 0 radical (unpaired) electrons. The van der Waals surface area contributed by atoms with Gasteiger partial charge in [0.05, 0.1) is 0 Å². The summed E-state index contributed by atoms with van der Waals surface area (Å²) in [6.45, 7) is 3.18. The van der Waals surface area contributed by atoms with E-state index in [0.29, 0.717) is 0 Å². The van der Waals surface area contributed by atoms with Crippen LogP contribution in [0.4, 0.5) is 0 Å². The second-order valence-electron chi connectivity index (χ2n) is 5.92. The highest BCUT2D eigenvalue weighted by atomic mass is 32.1. The summed E-state index contributed by atoms with van der Waals surface area (Å²) in [6.07, 6.45) is 11.9. The Morgan fingerprint density at radius 2 is 2.17 bits per heavy atom.